The van der Waals surface area contributed by atoms with E-state index in [1.165, 1.54) is 30.5 Å². The zero-order chi connectivity index (χ0) is 28.5. The largest absolute Gasteiger partial charge is 0.422 e. The number of esters is 1. The Balaban J connectivity index is 1.45. The first-order valence-electron chi connectivity index (χ1n) is 11.7. The summed E-state index contributed by atoms with van der Waals surface area (Å²) in [5.41, 5.74) is 4.37. The zero-order valence-electron chi connectivity index (χ0n) is 20.6. The Hall–Kier alpha value is -4.24. The number of benzene rings is 4. The lowest BCUT2D eigenvalue weighted by molar-refractivity contribution is -0.111. The van der Waals surface area contributed by atoms with E-state index < -0.39 is 17.8 Å². The molecule has 0 fully saturated rings. The number of para-hydroxylation sites is 1. The predicted molar refractivity (Wildman–Crippen MR) is 161 cm³/mol. The molecule has 40 heavy (non-hydrogen) atoms. The van der Waals surface area contributed by atoms with Gasteiger partial charge >= 0.3 is 5.97 Å². The fraction of sp³-hybridized carbons (Fsp3) is 0. The number of anilines is 1. The summed E-state index contributed by atoms with van der Waals surface area (Å²) in [4.78, 5) is 38.0. The Labute approximate surface area is 248 Å². The van der Waals surface area contributed by atoms with Crippen molar-refractivity contribution in [2.75, 3.05) is 5.32 Å². The van der Waals surface area contributed by atoms with Gasteiger partial charge in [-0.05, 0) is 60.2 Å². The molecule has 0 aliphatic heterocycles. The SMILES string of the molecule is O=C(/C=C/c1ccccc1)Nc1ccccc1C(=O)N/N=C\c1cc(Br)ccc1OC(=O)c1ccc(Cl)cc1Cl. The lowest BCUT2D eigenvalue weighted by Gasteiger charge is -2.10. The molecular formula is C30H20BrCl2N3O4. The van der Waals surface area contributed by atoms with Crippen LogP contribution in [-0.2, 0) is 4.79 Å². The van der Waals surface area contributed by atoms with E-state index in [9.17, 15) is 14.4 Å². The quantitative estimate of drug-likeness (QED) is 0.0693. The van der Waals surface area contributed by atoms with Gasteiger partial charge in [0.05, 0.1) is 28.1 Å². The molecule has 2 N–H and O–H groups in total. The highest BCUT2D eigenvalue weighted by Gasteiger charge is 2.16. The van der Waals surface area contributed by atoms with Crippen LogP contribution in [0.15, 0.2) is 107 Å². The van der Waals surface area contributed by atoms with Gasteiger partial charge in [-0.3, -0.25) is 9.59 Å². The van der Waals surface area contributed by atoms with Crippen LogP contribution in [0.4, 0.5) is 5.69 Å². The van der Waals surface area contributed by atoms with Crippen LogP contribution in [0.2, 0.25) is 10.0 Å². The minimum atomic E-state index is -0.686. The average Bonchev–Trinajstić information content (AvgIpc) is 2.94. The molecule has 0 aliphatic carbocycles. The van der Waals surface area contributed by atoms with Crippen molar-refractivity contribution in [3.05, 3.63) is 134 Å². The first-order valence-corrected chi connectivity index (χ1v) is 13.3. The minimum Gasteiger partial charge on any atom is -0.422 e. The third-order valence-electron chi connectivity index (χ3n) is 5.35. The number of nitrogens with zero attached hydrogens (tertiary/aromatic N) is 1. The number of nitrogens with one attached hydrogen (secondary N) is 2. The maximum Gasteiger partial charge on any atom is 0.345 e. The van der Waals surface area contributed by atoms with Gasteiger partial charge in [-0.1, -0.05) is 81.6 Å². The van der Waals surface area contributed by atoms with E-state index in [0.29, 0.717) is 20.7 Å². The molecule has 7 nitrogen and oxygen atoms in total. The van der Waals surface area contributed by atoms with E-state index in [2.05, 4.69) is 31.8 Å². The van der Waals surface area contributed by atoms with E-state index in [0.717, 1.165) is 5.56 Å². The highest BCUT2D eigenvalue weighted by molar-refractivity contribution is 9.10. The summed E-state index contributed by atoms with van der Waals surface area (Å²) < 4.78 is 6.22. The number of ether oxygens (including phenoxy) is 1. The van der Waals surface area contributed by atoms with Crippen LogP contribution in [0.3, 0.4) is 0 Å². The molecule has 4 aromatic rings. The van der Waals surface area contributed by atoms with E-state index in [1.807, 2.05) is 30.3 Å². The van der Waals surface area contributed by atoms with Gasteiger partial charge in [0.2, 0.25) is 5.91 Å². The lowest BCUT2D eigenvalue weighted by atomic mass is 10.1. The number of hydrogen-bond donors (Lipinski definition) is 2. The fourth-order valence-corrected chi connectivity index (χ4v) is 4.31. The lowest BCUT2D eigenvalue weighted by Crippen LogP contribution is -2.20. The van der Waals surface area contributed by atoms with Crippen molar-refractivity contribution in [1.29, 1.82) is 0 Å². The van der Waals surface area contributed by atoms with Crippen molar-refractivity contribution in [3.8, 4) is 5.75 Å². The van der Waals surface area contributed by atoms with Gasteiger partial charge in [0.25, 0.3) is 5.91 Å². The summed E-state index contributed by atoms with van der Waals surface area (Å²) in [6, 6.07) is 25.3. The number of carbonyl (C=O) groups excluding carboxylic acids is 3. The molecule has 0 aromatic heterocycles. The summed E-state index contributed by atoms with van der Waals surface area (Å²) in [5, 5.41) is 7.27. The molecule has 10 heteroatoms. The number of carbonyl (C=O) groups is 3. The molecule has 0 saturated heterocycles. The van der Waals surface area contributed by atoms with Crippen LogP contribution in [-0.4, -0.2) is 24.0 Å². The van der Waals surface area contributed by atoms with Gasteiger partial charge in [0.15, 0.2) is 0 Å². The van der Waals surface area contributed by atoms with Gasteiger partial charge in [-0.25, -0.2) is 10.2 Å². The van der Waals surface area contributed by atoms with E-state index >= 15 is 0 Å². The molecule has 2 amide bonds. The van der Waals surface area contributed by atoms with Gasteiger partial charge in [0, 0.05) is 21.1 Å². The number of hydrazone groups is 1. The molecule has 4 aromatic carbocycles. The molecule has 0 heterocycles. The smallest absolute Gasteiger partial charge is 0.345 e. The fourth-order valence-electron chi connectivity index (χ4n) is 3.44. The number of halogens is 3. The van der Waals surface area contributed by atoms with Crippen molar-refractivity contribution in [1.82, 2.24) is 5.43 Å². The Morgan fingerprint density at radius 3 is 2.38 bits per heavy atom. The summed E-state index contributed by atoms with van der Waals surface area (Å²) >= 11 is 15.4. The van der Waals surface area contributed by atoms with Crippen LogP contribution in [0.25, 0.3) is 6.08 Å². The summed E-state index contributed by atoms with van der Waals surface area (Å²) in [5.74, 6) is -1.45. The third-order valence-corrected chi connectivity index (χ3v) is 6.39. The topological polar surface area (TPSA) is 96.9 Å². The second kappa shape index (κ2) is 13.7. The van der Waals surface area contributed by atoms with Crippen LogP contribution < -0.4 is 15.5 Å². The average molecular weight is 637 g/mol. The summed E-state index contributed by atoms with van der Waals surface area (Å²) in [6.45, 7) is 0. The molecule has 0 atom stereocenters. The molecule has 0 radical (unpaired) electrons. The Bertz CT molecular complexity index is 1620. The first kappa shape index (κ1) is 28.8. The molecule has 0 aliphatic rings. The molecule has 4 rings (SSSR count). The van der Waals surface area contributed by atoms with Crippen molar-refractivity contribution in [2.45, 2.75) is 0 Å². The van der Waals surface area contributed by atoms with E-state index in [-0.39, 0.29) is 21.9 Å². The van der Waals surface area contributed by atoms with Gasteiger partial charge in [-0.15, -0.1) is 0 Å². The first-order chi connectivity index (χ1) is 19.3. The Morgan fingerprint density at radius 2 is 1.60 bits per heavy atom. The molecule has 0 spiro atoms. The Kier molecular flexibility index (Phi) is 9.86. The maximum absolute atomic E-state index is 12.9. The molecular weight excluding hydrogens is 617 g/mol. The highest BCUT2D eigenvalue weighted by Crippen LogP contribution is 2.26. The zero-order valence-corrected chi connectivity index (χ0v) is 23.7. The van der Waals surface area contributed by atoms with E-state index in [1.54, 1.807) is 48.5 Å². The van der Waals surface area contributed by atoms with Gasteiger partial charge < -0.3 is 10.1 Å². The minimum absolute atomic E-state index is 0.141. The van der Waals surface area contributed by atoms with E-state index in [4.69, 9.17) is 27.9 Å². The number of rotatable bonds is 8. The van der Waals surface area contributed by atoms with Crippen molar-refractivity contribution in [3.63, 3.8) is 0 Å². The van der Waals surface area contributed by atoms with Gasteiger partial charge in [0.1, 0.15) is 5.75 Å². The normalized spacial score (nSPS) is 11.0. The number of hydrogen-bond acceptors (Lipinski definition) is 5. The second-order valence-electron chi connectivity index (χ2n) is 8.17. The molecule has 0 unspecified atom stereocenters. The Morgan fingerprint density at radius 1 is 0.850 bits per heavy atom. The molecule has 0 saturated carbocycles. The van der Waals surface area contributed by atoms with Crippen LogP contribution in [0.5, 0.6) is 5.75 Å². The van der Waals surface area contributed by atoms with Crippen molar-refractivity contribution < 1.29 is 19.1 Å². The van der Waals surface area contributed by atoms with Crippen LogP contribution in [0, 0.1) is 0 Å². The van der Waals surface area contributed by atoms with Crippen molar-refractivity contribution >= 4 is 74.9 Å². The summed E-state index contributed by atoms with van der Waals surface area (Å²) in [6.07, 6.45) is 4.39. The second-order valence-corrected chi connectivity index (χ2v) is 9.93. The summed E-state index contributed by atoms with van der Waals surface area (Å²) in [7, 11) is 0. The standard InChI is InChI=1S/C30H20BrCl2N3O4/c31-21-11-14-27(40-30(39)23-13-12-22(32)17-25(23)33)20(16-21)18-34-36-29(38)24-8-4-5-9-26(24)35-28(37)15-10-19-6-2-1-3-7-19/h1-18H,(H,35,37)(H,36,38)/b15-10+,34-18-. The highest BCUT2D eigenvalue weighted by atomic mass is 79.9. The maximum atomic E-state index is 12.9. The third kappa shape index (κ3) is 7.89. The van der Waals surface area contributed by atoms with Crippen LogP contribution >= 0.6 is 39.1 Å². The molecule has 200 valence electrons. The monoisotopic (exact) mass is 635 g/mol. The van der Waals surface area contributed by atoms with Crippen LogP contribution in [0.1, 0.15) is 31.8 Å². The predicted octanol–water partition coefficient (Wildman–Crippen LogP) is 7.39. The number of amides is 2. The molecule has 0 bridgehead atoms. The van der Waals surface area contributed by atoms with Crippen molar-refractivity contribution in [2.24, 2.45) is 5.10 Å². The van der Waals surface area contributed by atoms with Gasteiger partial charge in [-0.2, -0.15) is 5.10 Å².